The maximum absolute atomic E-state index is 9.05. The Kier molecular flexibility index (Phi) is 12.0. The molecule has 3 nitrogen and oxygen atoms in total. The summed E-state index contributed by atoms with van der Waals surface area (Å²) in [5, 5.41) is 12.2. The predicted octanol–water partition coefficient (Wildman–Crippen LogP) is 6.18. The molecule has 0 aliphatic carbocycles. The van der Waals surface area contributed by atoms with Gasteiger partial charge >= 0.3 is 0 Å². The van der Waals surface area contributed by atoms with Gasteiger partial charge in [-0.3, -0.25) is 0 Å². The van der Waals surface area contributed by atoms with Crippen molar-refractivity contribution < 1.29 is 5.11 Å². The number of pyridine rings is 2. The molecule has 0 saturated carbocycles. The van der Waals surface area contributed by atoms with E-state index in [0.29, 0.717) is 16.4 Å². The monoisotopic (exact) mass is 412 g/mol. The van der Waals surface area contributed by atoms with Gasteiger partial charge in [0.15, 0.2) is 0 Å². The minimum atomic E-state index is 0.0760. The molecule has 144 valence electrons. The highest BCUT2D eigenvalue weighted by atomic mass is 35.5. The number of hydrogen-bond donors (Lipinski definition) is 1. The number of halogens is 1. The second-order valence-electron chi connectivity index (χ2n) is 5.90. The van der Waals surface area contributed by atoms with Crippen LogP contribution in [0.2, 0.25) is 0 Å². The van der Waals surface area contributed by atoms with Crippen LogP contribution in [0.4, 0.5) is 0 Å². The summed E-state index contributed by atoms with van der Waals surface area (Å²) in [6, 6.07) is 7.73. The molecular formula is C20H29ClN2OS2. The molecule has 0 spiro atoms. The molecule has 0 amide bonds. The average molecular weight is 413 g/mol. The van der Waals surface area contributed by atoms with Crippen molar-refractivity contribution in [2.24, 2.45) is 0 Å². The SMILES string of the molecule is CCC(C)Sc1ncccc1CCl.CCC(C)Sc1ncccc1CO. The smallest absolute Gasteiger partial charge is 0.102 e. The average Bonchev–Trinajstić information content (AvgIpc) is 2.69. The van der Waals surface area contributed by atoms with E-state index in [2.05, 4.69) is 37.7 Å². The fourth-order valence-electron chi connectivity index (χ4n) is 1.83. The van der Waals surface area contributed by atoms with Gasteiger partial charge in [0.2, 0.25) is 0 Å². The van der Waals surface area contributed by atoms with Gasteiger partial charge in [-0.05, 0) is 30.5 Å². The molecule has 0 aliphatic heterocycles. The fraction of sp³-hybridized carbons (Fsp3) is 0.500. The maximum atomic E-state index is 9.05. The third-order valence-corrected chi connectivity index (χ3v) is 6.73. The fourth-order valence-corrected chi connectivity index (χ4v) is 4.04. The minimum absolute atomic E-state index is 0.0760. The second-order valence-corrected chi connectivity index (χ2v) is 9.02. The third kappa shape index (κ3) is 8.30. The van der Waals surface area contributed by atoms with Gasteiger partial charge in [-0.25, -0.2) is 9.97 Å². The summed E-state index contributed by atoms with van der Waals surface area (Å²) in [4.78, 5) is 8.56. The number of aliphatic hydroxyl groups excluding tert-OH is 1. The Balaban J connectivity index is 0.000000260. The number of thioether (sulfide) groups is 2. The summed E-state index contributed by atoms with van der Waals surface area (Å²) in [5.74, 6) is 0.548. The van der Waals surface area contributed by atoms with E-state index in [1.165, 1.54) is 0 Å². The van der Waals surface area contributed by atoms with Crippen molar-refractivity contribution in [1.29, 1.82) is 0 Å². The number of aromatic nitrogens is 2. The molecule has 2 aromatic rings. The molecule has 0 bridgehead atoms. The van der Waals surface area contributed by atoms with Crippen molar-refractivity contribution in [3.8, 4) is 0 Å². The Morgan fingerprint density at radius 2 is 1.38 bits per heavy atom. The molecule has 26 heavy (non-hydrogen) atoms. The Morgan fingerprint density at radius 1 is 0.923 bits per heavy atom. The van der Waals surface area contributed by atoms with Crippen molar-refractivity contribution in [3.05, 3.63) is 47.8 Å². The van der Waals surface area contributed by atoms with Gasteiger partial charge in [0.1, 0.15) is 10.1 Å². The van der Waals surface area contributed by atoms with Crippen LogP contribution in [-0.4, -0.2) is 25.6 Å². The number of alkyl halides is 1. The quantitative estimate of drug-likeness (QED) is 0.414. The molecule has 2 unspecified atom stereocenters. The Labute approximate surface area is 171 Å². The first-order valence-electron chi connectivity index (χ1n) is 8.93. The molecule has 0 aliphatic rings. The number of rotatable bonds is 8. The highest BCUT2D eigenvalue weighted by molar-refractivity contribution is 8.00. The zero-order valence-corrected chi connectivity index (χ0v) is 18.4. The molecule has 2 heterocycles. The minimum Gasteiger partial charge on any atom is -0.392 e. The molecule has 2 atom stereocenters. The Bertz CT molecular complexity index is 587. The molecule has 0 saturated heterocycles. The zero-order valence-electron chi connectivity index (χ0n) is 16.0. The highest BCUT2D eigenvalue weighted by Gasteiger charge is 2.07. The van der Waals surface area contributed by atoms with Crippen LogP contribution in [0, 0.1) is 0 Å². The molecule has 1 N–H and O–H groups in total. The van der Waals surface area contributed by atoms with Crippen LogP contribution in [0.15, 0.2) is 46.7 Å². The van der Waals surface area contributed by atoms with E-state index in [4.69, 9.17) is 16.7 Å². The van der Waals surface area contributed by atoms with Gasteiger partial charge in [0, 0.05) is 28.5 Å². The van der Waals surface area contributed by atoms with Gasteiger partial charge in [0.05, 0.1) is 12.5 Å². The van der Waals surface area contributed by atoms with Crippen LogP contribution in [-0.2, 0) is 12.5 Å². The molecule has 0 aromatic carbocycles. The summed E-state index contributed by atoms with van der Waals surface area (Å²) in [5.41, 5.74) is 2.06. The van der Waals surface area contributed by atoms with Crippen molar-refractivity contribution in [1.82, 2.24) is 9.97 Å². The first kappa shape index (κ1) is 23.3. The second kappa shape index (κ2) is 13.4. The largest absolute Gasteiger partial charge is 0.392 e. The van der Waals surface area contributed by atoms with Crippen molar-refractivity contribution in [3.63, 3.8) is 0 Å². The molecular weight excluding hydrogens is 384 g/mol. The Morgan fingerprint density at radius 3 is 1.81 bits per heavy atom. The highest BCUT2D eigenvalue weighted by Crippen LogP contribution is 2.27. The zero-order chi connectivity index (χ0) is 19.4. The van der Waals surface area contributed by atoms with E-state index in [1.54, 1.807) is 29.7 Å². The summed E-state index contributed by atoms with van der Waals surface area (Å²) in [6.07, 6.45) is 5.86. The van der Waals surface area contributed by atoms with Crippen LogP contribution < -0.4 is 0 Å². The molecule has 2 aromatic heterocycles. The van der Waals surface area contributed by atoms with E-state index >= 15 is 0 Å². The lowest BCUT2D eigenvalue weighted by Gasteiger charge is -2.09. The van der Waals surface area contributed by atoms with Gasteiger partial charge < -0.3 is 5.11 Å². The van der Waals surface area contributed by atoms with E-state index in [1.807, 2.05) is 30.5 Å². The van der Waals surface area contributed by atoms with Gasteiger partial charge in [-0.1, -0.05) is 39.8 Å². The van der Waals surface area contributed by atoms with E-state index < -0.39 is 0 Å². The van der Waals surface area contributed by atoms with E-state index in [0.717, 1.165) is 34.0 Å². The number of nitrogens with zero attached hydrogens (tertiary/aromatic N) is 2. The first-order valence-corrected chi connectivity index (χ1v) is 11.2. The lowest BCUT2D eigenvalue weighted by Crippen LogP contribution is -1.97. The predicted molar refractivity (Wildman–Crippen MR) is 115 cm³/mol. The third-order valence-electron chi connectivity index (χ3n) is 3.79. The van der Waals surface area contributed by atoms with Crippen LogP contribution in [0.3, 0.4) is 0 Å². The first-order chi connectivity index (χ1) is 12.5. The summed E-state index contributed by atoms with van der Waals surface area (Å²) >= 11 is 9.33. The Hall–Kier alpha value is -0.750. The van der Waals surface area contributed by atoms with Gasteiger partial charge in [-0.2, -0.15) is 0 Å². The molecule has 6 heteroatoms. The number of hydrogen-bond acceptors (Lipinski definition) is 5. The summed E-state index contributed by atoms with van der Waals surface area (Å²) < 4.78 is 0. The normalized spacial score (nSPS) is 12.8. The summed E-state index contributed by atoms with van der Waals surface area (Å²) in [6.45, 7) is 8.78. The van der Waals surface area contributed by atoms with E-state index in [-0.39, 0.29) is 6.61 Å². The molecule has 0 fully saturated rings. The van der Waals surface area contributed by atoms with Gasteiger partial charge in [0.25, 0.3) is 0 Å². The summed E-state index contributed by atoms with van der Waals surface area (Å²) in [7, 11) is 0. The van der Waals surface area contributed by atoms with Crippen LogP contribution >= 0.6 is 35.1 Å². The van der Waals surface area contributed by atoms with Crippen LogP contribution in [0.5, 0.6) is 0 Å². The van der Waals surface area contributed by atoms with E-state index in [9.17, 15) is 0 Å². The standard InChI is InChI=1S/C10H14ClNS.C10H15NOS/c1-3-8(2)13-10-9(7-11)5-4-6-12-10;1-3-8(2)13-10-9(7-12)5-4-6-11-10/h4-6,8H,3,7H2,1-2H3;4-6,8,12H,3,7H2,1-2H3. The topological polar surface area (TPSA) is 46.0 Å². The van der Waals surface area contributed by atoms with Crippen LogP contribution in [0.25, 0.3) is 0 Å². The maximum Gasteiger partial charge on any atom is 0.102 e. The van der Waals surface area contributed by atoms with Crippen molar-refractivity contribution >= 4 is 35.1 Å². The lowest BCUT2D eigenvalue weighted by atomic mass is 10.3. The molecule has 2 rings (SSSR count). The molecule has 0 radical (unpaired) electrons. The number of aliphatic hydroxyl groups is 1. The lowest BCUT2D eigenvalue weighted by molar-refractivity contribution is 0.278. The van der Waals surface area contributed by atoms with Crippen LogP contribution in [0.1, 0.15) is 51.7 Å². The van der Waals surface area contributed by atoms with Crippen molar-refractivity contribution in [2.45, 2.75) is 73.6 Å². The van der Waals surface area contributed by atoms with Crippen molar-refractivity contribution in [2.75, 3.05) is 0 Å². The van der Waals surface area contributed by atoms with Gasteiger partial charge in [-0.15, -0.1) is 35.1 Å².